The predicted octanol–water partition coefficient (Wildman–Crippen LogP) is -0.0527. The molecule has 0 aliphatic rings. The first-order valence-electron chi connectivity index (χ1n) is 3.20. The third-order valence-corrected chi connectivity index (χ3v) is 1.06. The van der Waals surface area contributed by atoms with E-state index in [9.17, 15) is 0 Å². The summed E-state index contributed by atoms with van der Waals surface area (Å²) in [7, 11) is 3.71. The Balaban J connectivity index is 2.78. The van der Waals surface area contributed by atoms with E-state index in [1.807, 2.05) is 14.1 Å². The van der Waals surface area contributed by atoms with Gasteiger partial charge in [-0.3, -0.25) is 0 Å². The van der Waals surface area contributed by atoms with Gasteiger partial charge in [-0.2, -0.15) is 0 Å². The lowest BCUT2D eigenvalue weighted by molar-refractivity contribution is 0.492. The minimum Gasteiger partial charge on any atom is -0.381 e. The van der Waals surface area contributed by atoms with Crippen LogP contribution in [0.3, 0.4) is 0 Å². The lowest BCUT2D eigenvalue weighted by atomic mass is 10.6. The molecule has 0 saturated carbocycles. The molecule has 1 rings (SSSR count). The molecule has 0 aliphatic heterocycles. The van der Waals surface area contributed by atoms with Crippen LogP contribution in [0.1, 0.15) is 0 Å². The van der Waals surface area contributed by atoms with Gasteiger partial charge in [-0.25, -0.2) is 15.0 Å². The highest BCUT2D eigenvalue weighted by molar-refractivity contribution is 5.54. The van der Waals surface area contributed by atoms with Crippen molar-refractivity contribution in [3.05, 3.63) is 12.4 Å². The van der Waals surface area contributed by atoms with Crippen LogP contribution in [0.15, 0.2) is 12.4 Å². The molecule has 0 spiro atoms. The molecule has 11 heavy (non-hydrogen) atoms. The Labute approximate surface area is 65.2 Å². The van der Waals surface area contributed by atoms with Crippen molar-refractivity contribution in [2.45, 2.75) is 0 Å². The van der Waals surface area contributed by atoms with Crippen molar-refractivity contribution in [1.82, 2.24) is 15.0 Å². The number of hydrogen-bond donors (Lipinski definition) is 2. The Hall–Kier alpha value is -1.36. The van der Waals surface area contributed by atoms with Crippen LogP contribution in [0.2, 0.25) is 0 Å². The monoisotopic (exact) mass is 153 g/mol. The Morgan fingerprint density at radius 2 is 2.00 bits per heavy atom. The Bertz CT molecular complexity index is 234. The molecule has 0 amide bonds. The molecule has 0 bridgehead atoms. The molecule has 0 atom stereocenters. The van der Waals surface area contributed by atoms with Crippen LogP contribution in [0.25, 0.3) is 0 Å². The van der Waals surface area contributed by atoms with Crippen molar-refractivity contribution in [2.75, 3.05) is 25.3 Å². The smallest absolute Gasteiger partial charge is 0.183 e. The first kappa shape index (κ1) is 7.74. The summed E-state index contributed by atoms with van der Waals surface area (Å²) in [4.78, 5) is 7.84. The average Bonchev–Trinajstić information content (AvgIpc) is 1.93. The quantitative estimate of drug-likeness (QED) is 0.583. The number of hydrogen-bond acceptors (Lipinski definition) is 5. The van der Waals surface area contributed by atoms with Gasteiger partial charge in [0.15, 0.2) is 11.6 Å². The van der Waals surface area contributed by atoms with E-state index in [-0.39, 0.29) is 0 Å². The number of nitrogens with two attached hydrogens (primary N) is 1. The molecular formula is C6H11N5. The molecule has 3 N–H and O–H groups in total. The second-order valence-electron chi connectivity index (χ2n) is 2.30. The highest BCUT2D eigenvalue weighted by Gasteiger charge is 1.98. The highest BCUT2D eigenvalue weighted by Crippen LogP contribution is 2.08. The van der Waals surface area contributed by atoms with Crippen LogP contribution in [-0.2, 0) is 0 Å². The number of nitrogens with one attached hydrogen (secondary N) is 1. The van der Waals surface area contributed by atoms with E-state index < -0.39 is 0 Å². The fraction of sp³-hybridized carbons (Fsp3) is 0.333. The summed E-state index contributed by atoms with van der Waals surface area (Å²) in [6.45, 7) is 0. The molecule has 1 heterocycles. The van der Waals surface area contributed by atoms with Gasteiger partial charge in [-0.15, -0.1) is 0 Å². The number of rotatable bonds is 2. The van der Waals surface area contributed by atoms with E-state index in [1.54, 1.807) is 17.4 Å². The maximum atomic E-state index is 5.51. The molecule has 0 aliphatic carbocycles. The second kappa shape index (κ2) is 3.16. The largest absolute Gasteiger partial charge is 0.381 e. The van der Waals surface area contributed by atoms with Gasteiger partial charge < -0.3 is 11.2 Å². The topological polar surface area (TPSA) is 67.1 Å². The standard InChI is InChI=1S/C6H11N5/c1-11(2)10-6-5(7)8-3-4-9-6/h3-4H,1-2H3,(H2,7,8)(H,9,10). The van der Waals surface area contributed by atoms with Crippen LogP contribution in [-0.4, -0.2) is 29.1 Å². The summed E-state index contributed by atoms with van der Waals surface area (Å²) in [5, 5.41) is 1.75. The Kier molecular flexibility index (Phi) is 2.22. The number of aromatic nitrogens is 2. The fourth-order valence-corrected chi connectivity index (χ4v) is 0.647. The summed E-state index contributed by atoms with van der Waals surface area (Å²) in [5.74, 6) is 0.985. The molecule has 5 heteroatoms. The Morgan fingerprint density at radius 3 is 2.55 bits per heavy atom. The second-order valence-corrected chi connectivity index (χ2v) is 2.30. The molecule has 1 aromatic heterocycles. The van der Waals surface area contributed by atoms with Gasteiger partial charge in [-0.05, 0) is 0 Å². The average molecular weight is 153 g/mol. The van der Waals surface area contributed by atoms with Gasteiger partial charge in [0.25, 0.3) is 0 Å². The lowest BCUT2D eigenvalue weighted by Gasteiger charge is -2.12. The van der Waals surface area contributed by atoms with Crippen LogP contribution in [0.5, 0.6) is 0 Å². The number of anilines is 2. The zero-order valence-corrected chi connectivity index (χ0v) is 6.57. The van der Waals surface area contributed by atoms with E-state index in [2.05, 4.69) is 15.4 Å². The highest BCUT2D eigenvalue weighted by atomic mass is 15.5. The lowest BCUT2D eigenvalue weighted by Crippen LogP contribution is -2.21. The molecule has 0 aromatic carbocycles. The number of nitrogen functional groups attached to an aromatic ring is 1. The van der Waals surface area contributed by atoms with Gasteiger partial charge in [0.1, 0.15) is 0 Å². The summed E-state index contributed by atoms with van der Waals surface area (Å²) in [6, 6.07) is 0. The van der Waals surface area contributed by atoms with Crippen molar-refractivity contribution in [2.24, 2.45) is 0 Å². The van der Waals surface area contributed by atoms with Crippen LogP contribution < -0.4 is 11.2 Å². The maximum Gasteiger partial charge on any atom is 0.183 e. The van der Waals surface area contributed by atoms with E-state index in [0.29, 0.717) is 11.6 Å². The minimum atomic E-state index is 0.404. The van der Waals surface area contributed by atoms with Crippen molar-refractivity contribution < 1.29 is 0 Å². The molecule has 0 fully saturated rings. The van der Waals surface area contributed by atoms with E-state index >= 15 is 0 Å². The van der Waals surface area contributed by atoms with Crippen molar-refractivity contribution in [1.29, 1.82) is 0 Å². The van der Waals surface area contributed by atoms with Gasteiger partial charge in [0.05, 0.1) is 0 Å². The van der Waals surface area contributed by atoms with Crippen molar-refractivity contribution in [3.63, 3.8) is 0 Å². The fourth-order valence-electron chi connectivity index (χ4n) is 0.647. The van der Waals surface area contributed by atoms with Crippen LogP contribution in [0.4, 0.5) is 11.6 Å². The first-order chi connectivity index (χ1) is 5.20. The molecule has 5 nitrogen and oxygen atoms in total. The minimum absolute atomic E-state index is 0.404. The van der Waals surface area contributed by atoms with Crippen molar-refractivity contribution >= 4 is 11.6 Å². The molecule has 60 valence electrons. The summed E-state index contributed by atoms with van der Waals surface area (Å²) in [5.41, 5.74) is 8.41. The first-order valence-corrected chi connectivity index (χ1v) is 3.20. The van der Waals surface area contributed by atoms with Gasteiger partial charge in [0.2, 0.25) is 0 Å². The Morgan fingerprint density at radius 1 is 1.36 bits per heavy atom. The number of hydrazine groups is 1. The number of nitrogens with zero attached hydrogens (tertiary/aromatic N) is 3. The zero-order valence-electron chi connectivity index (χ0n) is 6.57. The molecule has 1 aromatic rings. The third-order valence-electron chi connectivity index (χ3n) is 1.06. The van der Waals surface area contributed by atoms with E-state index in [1.165, 1.54) is 0 Å². The normalized spacial score (nSPS) is 10.1. The van der Waals surface area contributed by atoms with Gasteiger partial charge in [-0.1, -0.05) is 0 Å². The van der Waals surface area contributed by atoms with Crippen molar-refractivity contribution in [3.8, 4) is 0 Å². The molecular weight excluding hydrogens is 142 g/mol. The summed E-state index contributed by atoms with van der Waals surface area (Å²) >= 11 is 0. The maximum absolute atomic E-state index is 5.51. The zero-order chi connectivity index (χ0) is 8.27. The van der Waals surface area contributed by atoms with Gasteiger partial charge >= 0.3 is 0 Å². The van der Waals surface area contributed by atoms with E-state index in [4.69, 9.17) is 5.73 Å². The molecule has 0 radical (unpaired) electrons. The third kappa shape index (κ3) is 2.05. The van der Waals surface area contributed by atoms with Gasteiger partial charge in [0, 0.05) is 26.5 Å². The summed E-state index contributed by atoms with van der Waals surface area (Å²) < 4.78 is 0. The van der Waals surface area contributed by atoms with Crippen LogP contribution >= 0.6 is 0 Å². The predicted molar refractivity (Wildman–Crippen MR) is 43.8 cm³/mol. The van der Waals surface area contributed by atoms with Crippen LogP contribution in [0, 0.1) is 0 Å². The molecule has 0 saturated heterocycles. The molecule has 0 unspecified atom stereocenters. The summed E-state index contributed by atoms with van der Waals surface area (Å²) in [6.07, 6.45) is 3.14. The van der Waals surface area contributed by atoms with E-state index in [0.717, 1.165) is 0 Å². The SMILES string of the molecule is CN(C)Nc1nccnc1N.